The average Bonchev–Trinajstić information content (AvgIpc) is 3.28. The molecule has 4 aromatic carbocycles. The van der Waals surface area contributed by atoms with Crippen LogP contribution in [0, 0.1) is 0 Å². The van der Waals surface area contributed by atoms with Gasteiger partial charge in [-0.25, -0.2) is 5.48 Å². The van der Waals surface area contributed by atoms with Crippen LogP contribution in [0.25, 0.3) is 22.0 Å². The number of aryl methyl sites for hydroxylation is 1. The van der Waals surface area contributed by atoms with Crippen LogP contribution >= 0.6 is 11.9 Å². The first-order valence-corrected chi connectivity index (χ1v) is 12.6. The van der Waals surface area contributed by atoms with Crippen LogP contribution in [-0.4, -0.2) is 23.1 Å². The van der Waals surface area contributed by atoms with Crippen LogP contribution < -0.4 is 14.9 Å². The summed E-state index contributed by atoms with van der Waals surface area (Å²) < 4.78 is 11.6. The van der Waals surface area contributed by atoms with Gasteiger partial charge in [0.2, 0.25) is 0 Å². The summed E-state index contributed by atoms with van der Waals surface area (Å²) in [6.45, 7) is 0.541. The van der Waals surface area contributed by atoms with E-state index in [-0.39, 0.29) is 0 Å². The van der Waals surface area contributed by atoms with Gasteiger partial charge in [0.25, 0.3) is 0 Å². The highest BCUT2D eigenvalue weighted by atomic mass is 32.2. The Kier molecular flexibility index (Phi) is 8.99. The number of carbonyl (C=O) groups excluding carboxylic acids is 1. The Balaban J connectivity index is 0.00000102. The molecule has 0 amide bonds. The molecule has 6 nitrogen and oxygen atoms in total. The normalized spacial score (nSPS) is 10.5. The summed E-state index contributed by atoms with van der Waals surface area (Å²) in [4.78, 5) is 11.9. The second kappa shape index (κ2) is 12.8. The maximum Gasteiger partial charge on any atom is 0.150 e. The first-order chi connectivity index (χ1) is 18.1. The first kappa shape index (κ1) is 26.0. The van der Waals surface area contributed by atoms with Crippen LogP contribution in [0.4, 0.5) is 5.69 Å². The molecule has 0 unspecified atom stereocenters. The molecule has 0 fully saturated rings. The Hall–Kier alpha value is -4.04. The fourth-order valence-electron chi connectivity index (χ4n) is 3.91. The summed E-state index contributed by atoms with van der Waals surface area (Å²) in [5.74, 6) is 0.849. The lowest BCUT2D eigenvalue weighted by Gasteiger charge is -2.09. The summed E-state index contributed by atoms with van der Waals surface area (Å²) >= 11 is 1.52. The van der Waals surface area contributed by atoms with Gasteiger partial charge in [0.15, 0.2) is 0 Å². The van der Waals surface area contributed by atoms with Crippen LogP contribution in [0.1, 0.15) is 15.9 Å². The molecule has 0 aliphatic carbocycles. The van der Waals surface area contributed by atoms with E-state index in [9.17, 15) is 4.79 Å². The highest BCUT2D eigenvalue weighted by molar-refractivity contribution is 8.00. The number of benzene rings is 4. The monoisotopic (exact) mass is 511 g/mol. The van der Waals surface area contributed by atoms with E-state index >= 15 is 0 Å². The predicted molar refractivity (Wildman–Crippen MR) is 151 cm³/mol. The maximum atomic E-state index is 10.9. The molecule has 5 aromatic rings. The summed E-state index contributed by atoms with van der Waals surface area (Å²) in [6, 6.07) is 32.4. The standard InChI is InChI=1S/C29H24N2O2S.CH5NO/c1-31-18-28(23-8-5-9-25(16-23)33-20-22-6-3-2-4-7-22)27-17-24(12-15-29(27)31)30-34-26-13-10-21(19-32)11-14-26;1-2-3/h2-19,30H,20H2,1H3;2-3H,1H3. The van der Waals surface area contributed by atoms with Crippen molar-refractivity contribution < 1.29 is 14.7 Å². The van der Waals surface area contributed by atoms with Gasteiger partial charge >= 0.3 is 0 Å². The average molecular weight is 512 g/mol. The molecule has 0 atom stereocenters. The molecule has 1 aromatic heterocycles. The minimum Gasteiger partial charge on any atom is -0.489 e. The molecule has 1 heterocycles. The van der Waals surface area contributed by atoms with Crippen molar-refractivity contribution in [1.29, 1.82) is 0 Å². The minimum atomic E-state index is 0.541. The van der Waals surface area contributed by atoms with E-state index in [1.165, 1.54) is 24.4 Å². The quantitative estimate of drug-likeness (QED) is 0.119. The Morgan fingerprint density at radius 3 is 2.43 bits per heavy atom. The van der Waals surface area contributed by atoms with E-state index in [4.69, 9.17) is 9.94 Å². The van der Waals surface area contributed by atoms with E-state index in [0.717, 1.165) is 44.8 Å². The van der Waals surface area contributed by atoms with Crippen LogP contribution in [0.5, 0.6) is 5.75 Å². The largest absolute Gasteiger partial charge is 0.489 e. The lowest BCUT2D eigenvalue weighted by Crippen LogP contribution is -1.94. The second-order valence-electron chi connectivity index (χ2n) is 8.30. The third-order valence-electron chi connectivity index (χ3n) is 5.69. The Morgan fingerprint density at radius 2 is 1.70 bits per heavy atom. The van der Waals surface area contributed by atoms with Gasteiger partial charge < -0.3 is 19.2 Å². The highest BCUT2D eigenvalue weighted by Crippen LogP contribution is 2.34. The molecule has 7 heteroatoms. The molecular formula is C30H29N3O3S. The third kappa shape index (κ3) is 6.80. The number of rotatable bonds is 8. The van der Waals surface area contributed by atoms with Gasteiger partial charge in [-0.05, 0) is 65.5 Å². The number of ether oxygens (including phenoxy) is 1. The van der Waals surface area contributed by atoms with Crippen LogP contribution in [0.15, 0.2) is 108 Å². The van der Waals surface area contributed by atoms with Gasteiger partial charge in [-0.15, -0.1) is 0 Å². The smallest absolute Gasteiger partial charge is 0.150 e. The van der Waals surface area contributed by atoms with Crippen LogP contribution in [0.2, 0.25) is 0 Å². The van der Waals surface area contributed by atoms with E-state index in [2.05, 4.69) is 65.0 Å². The summed E-state index contributed by atoms with van der Waals surface area (Å²) in [5.41, 5.74) is 8.02. The molecule has 5 rings (SSSR count). The zero-order valence-electron chi connectivity index (χ0n) is 20.7. The van der Waals surface area contributed by atoms with Gasteiger partial charge in [0.05, 0.1) is 0 Å². The van der Waals surface area contributed by atoms with E-state index in [1.807, 2.05) is 54.6 Å². The lowest BCUT2D eigenvalue weighted by molar-refractivity contribution is 0.112. The van der Waals surface area contributed by atoms with Crippen molar-refractivity contribution in [3.63, 3.8) is 0 Å². The number of hydrogen-bond donors (Lipinski definition) is 3. The molecule has 0 saturated carbocycles. The second-order valence-corrected chi connectivity index (χ2v) is 9.18. The first-order valence-electron chi connectivity index (χ1n) is 11.8. The molecule has 3 N–H and O–H groups in total. The van der Waals surface area contributed by atoms with Crippen molar-refractivity contribution in [3.05, 3.63) is 114 Å². The number of hydroxylamine groups is 1. The molecule has 0 aliphatic rings. The van der Waals surface area contributed by atoms with Crippen molar-refractivity contribution >= 4 is 34.8 Å². The zero-order chi connectivity index (χ0) is 26.0. The molecule has 0 saturated heterocycles. The molecule has 0 bridgehead atoms. The van der Waals surface area contributed by atoms with Gasteiger partial charge in [-0.1, -0.05) is 54.6 Å². The van der Waals surface area contributed by atoms with Crippen molar-refractivity contribution in [3.8, 4) is 16.9 Å². The fraction of sp³-hybridized carbons (Fsp3) is 0.100. The molecule has 0 radical (unpaired) electrons. The van der Waals surface area contributed by atoms with Gasteiger partial charge in [0.1, 0.15) is 18.6 Å². The number of aromatic nitrogens is 1. The molecule has 37 heavy (non-hydrogen) atoms. The number of aldehydes is 1. The minimum absolute atomic E-state index is 0.541. The summed E-state index contributed by atoms with van der Waals surface area (Å²) in [6.07, 6.45) is 3.02. The Morgan fingerprint density at radius 1 is 0.946 bits per heavy atom. The number of carbonyl (C=O) groups is 1. The molecule has 0 aliphatic heterocycles. The Bertz CT molecular complexity index is 1450. The van der Waals surface area contributed by atoms with Gasteiger partial charge in [0, 0.05) is 52.9 Å². The number of anilines is 1. The summed E-state index contributed by atoms with van der Waals surface area (Å²) in [5, 5.41) is 8.49. The number of nitrogens with zero attached hydrogens (tertiary/aromatic N) is 1. The molecule has 0 spiro atoms. The fourth-order valence-corrected chi connectivity index (χ4v) is 4.55. The Labute approximate surface area is 221 Å². The van der Waals surface area contributed by atoms with Crippen molar-refractivity contribution in [1.82, 2.24) is 10.0 Å². The number of nitrogens with one attached hydrogen (secondary N) is 2. The van der Waals surface area contributed by atoms with Gasteiger partial charge in [-0.2, -0.15) is 0 Å². The summed E-state index contributed by atoms with van der Waals surface area (Å²) in [7, 11) is 3.50. The lowest BCUT2D eigenvalue weighted by atomic mass is 10.0. The van der Waals surface area contributed by atoms with Crippen molar-refractivity contribution in [2.45, 2.75) is 11.5 Å². The topological polar surface area (TPSA) is 75.5 Å². The van der Waals surface area contributed by atoms with E-state index < -0.39 is 0 Å². The van der Waals surface area contributed by atoms with Crippen molar-refractivity contribution in [2.24, 2.45) is 7.05 Å². The van der Waals surface area contributed by atoms with Crippen LogP contribution in [0.3, 0.4) is 0 Å². The van der Waals surface area contributed by atoms with E-state index in [1.54, 1.807) is 5.48 Å². The highest BCUT2D eigenvalue weighted by Gasteiger charge is 2.11. The maximum absolute atomic E-state index is 10.9. The van der Waals surface area contributed by atoms with Gasteiger partial charge in [-0.3, -0.25) is 4.79 Å². The number of hydrogen-bond acceptors (Lipinski definition) is 6. The SMILES string of the molecule is CNO.Cn1cc(-c2cccc(OCc3ccccc3)c2)c2cc(NSc3ccc(C=O)cc3)ccc21. The number of fused-ring (bicyclic) bond motifs is 1. The van der Waals surface area contributed by atoms with Crippen LogP contribution in [-0.2, 0) is 13.7 Å². The van der Waals surface area contributed by atoms with E-state index in [0.29, 0.717) is 12.2 Å². The molecule has 188 valence electrons. The zero-order valence-corrected chi connectivity index (χ0v) is 21.5. The third-order valence-corrected chi connectivity index (χ3v) is 6.53. The predicted octanol–water partition coefficient (Wildman–Crippen LogP) is 6.95. The molecular weight excluding hydrogens is 482 g/mol. The van der Waals surface area contributed by atoms with Crippen molar-refractivity contribution in [2.75, 3.05) is 11.8 Å².